The quantitative estimate of drug-likeness (QED) is 0.298. The summed E-state index contributed by atoms with van der Waals surface area (Å²) in [4.78, 5) is 25.8. The molecular formula is C27H24Cl3NO6S. The van der Waals surface area contributed by atoms with Crippen LogP contribution in [0.3, 0.4) is 0 Å². The Hall–Kier alpha value is -2.52. The highest BCUT2D eigenvalue weighted by Gasteiger charge is 2.39. The molecular weight excluding hydrogens is 573 g/mol. The van der Waals surface area contributed by atoms with Crippen LogP contribution in [0.2, 0.25) is 15.1 Å². The molecule has 1 aromatic heterocycles. The molecule has 38 heavy (non-hydrogen) atoms. The number of aromatic hydroxyl groups is 1. The van der Waals surface area contributed by atoms with Gasteiger partial charge in [-0.25, -0.2) is 13.2 Å². The van der Waals surface area contributed by atoms with Crippen molar-refractivity contribution in [3.63, 3.8) is 0 Å². The molecule has 1 heterocycles. The highest BCUT2D eigenvalue weighted by atomic mass is 35.5. The van der Waals surface area contributed by atoms with Crippen molar-refractivity contribution in [2.24, 2.45) is 5.92 Å². The fourth-order valence-electron chi connectivity index (χ4n) is 5.02. The van der Waals surface area contributed by atoms with Gasteiger partial charge in [-0.15, -0.1) is 0 Å². The van der Waals surface area contributed by atoms with E-state index in [0.717, 1.165) is 25.7 Å². The zero-order valence-electron chi connectivity index (χ0n) is 20.1. The zero-order chi connectivity index (χ0) is 27.2. The molecule has 0 radical (unpaired) electrons. The monoisotopic (exact) mass is 595 g/mol. The minimum Gasteiger partial charge on any atom is -0.506 e. The molecule has 1 saturated carbocycles. The minimum atomic E-state index is -4.14. The number of hydrogen-bond donors (Lipinski definition) is 2. The number of carbonyl (C=O) groups excluding carboxylic acids is 1. The number of benzene rings is 2. The van der Waals surface area contributed by atoms with E-state index in [9.17, 15) is 23.1 Å². The average molecular weight is 597 g/mol. The number of fused-ring (bicyclic) bond motifs is 1. The summed E-state index contributed by atoms with van der Waals surface area (Å²) in [5.74, 6) is -0.879. The molecule has 5 rings (SSSR count). The molecule has 200 valence electrons. The molecule has 3 aromatic rings. The Labute approximate surface area is 234 Å². The third-order valence-corrected chi connectivity index (χ3v) is 9.81. The summed E-state index contributed by atoms with van der Waals surface area (Å²) in [7, 11) is -4.14. The second-order valence-corrected chi connectivity index (χ2v) is 12.5. The molecule has 0 spiro atoms. The number of halogens is 3. The number of sulfonamides is 1. The maximum Gasteiger partial charge on any atom is 0.343 e. The first kappa shape index (κ1) is 27.1. The summed E-state index contributed by atoms with van der Waals surface area (Å²) in [6.07, 6.45) is 4.62. The maximum atomic E-state index is 13.2. The molecule has 0 aliphatic heterocycles. The van der Waals surface area contributed by atoms with E-state index in [-0.39, 0.29) is 66.4 Å². The zero-order valence-corrected chi connectivity index (χ0v) is 23.2. The van der Waals surface area contributed by atoms with Crippen molar-refractivity contribution in [3.05, 3.63) is 84.3 Å². The van der Waals surface area contributed by atoms with E-state index in [1.807, 2.05) is 0 Å². The second kappa shape index (κ2) is 10.6. The molecule has 0 amide bonds. The number of hydrogen-bond acceptors (Lipinski definition) is 6. The summed E-state index contributed by atoms with van der Waals surface area (Å²) in [6.45, 7) is 0. The van der Waals surface area contributed by atoms with Crippen LogP contribution < -0.4 is 10.3 Å². The Kier molecular flexibility index (Phi) is 7.52. The Bertz CT molecular complexity index is 1600. The van der Waals surface area contributed by atoms with Crippen LogP contribution in [0, 0.1) is 5.92 Å². The Morgan fingerprint density at radius 1 is 0.974 bits per heavy atom. The molecule has 2 N–H and O–H groups in total. The summed E-state index contributed by atoms with van der Waals surface area (Å²) >= 11 is 18.1. The first-order chi connectivity index (χ1) is 18.1. The van der Waals surface area contributed by atoms with Gasteiger partial charge in [0.25, 0.3) is 10.0 Å². The van der Waals surface area contributed by atoms with Crippen LogP contribution in [-0.2, 0) is 16.4 Å². The van der Waals surface area contributed by atoms with Crippen molar-refractivity contribution in [1.82, 2.24) is 0 Å². The number of anilines is 1. The van der Waals surface area contributed by atoms with Crippen LogP contribution in [0.15, 0.2) is 50.5 Å². The van der Waals surface area contributed by atoms with Gasteiger partial charge in [-0.2, -0.15) is 0 Å². The van der Waals surface area contributed by atoms with E-state index >= 15 is 0 Å². The normalized spacial score (nSPS) is 16.9. The van der Waals surface area contributed by atoms with Gasteiger partial charge in [0.15, 0.2) is 5.78 Å². The van der Waals surface area contributed by atoms with Crippen LogP contribution in [0.4, 0.5) is 5.69 Å². The molecule has 0 saturated heterocycles. The number of ketones is 1. The predicted molar refractivity (Wildman–Crippen MR) is 146 cm³/mol. The first-order valence-electron chi connectivity index (χ1n) is 12.3. The van der Waals surface area contributed by atoms with Crippen LogP contribution in [0.25, 0.3) is 0 Å². The lowest BCUT2D eigenvalue weighted by atomic mass is 9.85. The van der Waals surface area contributed by atoms with Gasteiger partial charge >= 0.3 is 5.63 Å². The summed E-state index contributed by atoms with van der Waals surface area (Å²) in [5, 5.41) is 11.1. The second-order valence-electron chi connectivity index (χ2n) is 9.65. The van der Waals surface area contributed by atoms with Gasteiger partial charge in [-0.05, 0) is 61.4 Å². The first-order valence-corrected chi connectivity index (χ1v) is 14.9. The summed E-state index contributed by atoms with van der Waals surface area (Å²) in [5.41, 5.74) is 0.277. The standard InChI is InChI=1S/C27H24Cl3NO6S/c28-17-11-12-20(25(30)24(17)29)38(35,36)31-16-6-4-5-15(13-16)21(14-9-10-14)23-26(33)22-18(32)7-2-1-3-8-19(22)37-27(23)34/h4-6,11-14,21,31,33H,1-3,7-10H2. The third kappa shape index (κ3) is 5.19. The SMILES string of the molecule is O=C1CCCCCc2oc(=O)c(C(c3cccc(NS(=O)(=O)c4ccc(Cl)c(Cl)c4Cl)c3)C3CC3)c(O)c21. The third-order valence-electron chi connectivity index (χ3n) is 6.98. The van der Waals surface area contributed by atoms with E-state index in [1.165, 1.54) is 12.1 Å². The van der Waals surface area contributed by atoms with Crippen molar-refractivity contribution in [1.29, 1.82) is 0 Å². The highest BCUT2D eigenvalue weighted by Crippen LogP contribution is 2.49. The van der Waals surface area contributed by atoms with E-state index in [4.69, 9.17) is 39.2 Å². The van der Waals surface area contributed by atoms with E-state index < -0.39 is 21.6 Å². The average Bonchev–Trinajstić information content (AvgIpc) is 3.68. The van der Waals surface area contributed by atoms with E-state index in [2.05, 4.69) is 4.72 Å². The summed E-state index contributed by atoms with van der Waals surface area (Å²) in [6, 6.07) is 9.16. The van der Waals surface area contributed by atoms with Crippen molar-refractivity contribution < 1.29 is 22.7 Å². The Balaban J connectivity index is 1.55. The molecule has 1 atom stereocenters. The van der Waals surface area contributed by atoms with Gasteiger partial charge < -0.3 is 9.52 Å². The van der Waals surface area contributed by atoms with E-state index in [0.29, 0.717) is 18.4 Å². The van der Waals surface area contributed by atoms with Crippen molar-refractivity contribution in [2.45, 2.75) is 55.8 Å². The van der Waals surface area contributed by atoms with Crippen molar-refractivity contribution in [3.8, 4) is 5.75 Å². The number of rotatable bonds is 6. The fraction of sp³-hybridized carbons (Fsp3) is 0.333. The fourth-order valence-corrected chi connectivity index (χ4v) is 7.05. The number of carbonyl (C=O) groups is 1. The van der Waals surface area contributed by atoms with Crippen molar-refractivity contribution >= 4 is 56.3 Å². The molecule has 2 aromatic carbocycles. The number of nitrogens with one attached hydrogen (secondary N) is 1. The van der Waals surface area contributed by atoms with Gasteiger partial charge in [0, 0.05) is 24.4 Å². The molecule has 2 aliphatic carbocycles. The Morgan fingerprint density at radius 2 is 1.71 bits per heavy atom. The molecule has 7 nitrogen and oxygen atoms in total. The lowest BCUT2D eigenvalue weighted by molar-refractivity contribution is 0.0968. The number of aryl methyl sites for hydroxylation is 1. The largest absolute Gasteiger partial charge is 0.506 e. The number of Topliss-reactive ketones (excluding diaryl/α,β-unsaturated/α-hetero) is 1. The molecule has 11 heteroatoms. The molecule has 1 unspecified atom stereocenters. The van der Waals surface area contributed by atoms with Gasteiger partial charge in [0.05, 0.1) is 26.2 Å². The van der Waals surface area contributed by atoms with Crippen LogP contribution >= 0.6 is 34.8 Å². The van der Waals surface area contributed by atoms with Gasteiger partial charge in [0.1, 0.15) is 16.4 Å². The van der Waals surface area contributed by atoms with Crippen LogP contribution in [-0.4, -0.2) is 19.3 Å². The van der Waals surface area contributed by atoms with Crippen molar-refractivity contribution in [2.75, 3.05) is 4.72 Å². The van der Waals surface area contributed by atoms with Gasteiger partial charge in [0.2, 0.25) is 0 Å². The minimum absolute atomic E-state index is 0.0295. The molecule has 1 fully saturated rings. The predicted octanol–water partition coefficient (Wildman–Crippen LogP) is 6.95. The highest BCUT2D eigenvalue weighted by molar-refractivity contribution is 7.92. The van der Waals surface area contributed by atoms with Gasteiger partial charge in [-0.1, -0.05) is 53.4 Å². The molecule has 2 aliphatic rings. The lowest BCUT2D eigenvalue weighted by Gasteiger charge is -2.21. The van der Waals surface area contributed by atoms with Crippen LogP contribution in [0.5, 0.6) is 5.75 Å². The maximum absolute atomic E-state index is 13.2. The van der Waals surface area contributed by atoms with E-state index in [1.54, 1.807) is 24.3 Å². The van der Waals surface area contributed by atoms with Crippen LogP contribution in [0.1, 0.15) is 71.7 Å². The van der Waals surface area contributed by atoms with Gasteiger partial charge in [-0.3, -0.25) is 9.52 Å². The summed E-state index contributed by atoms with van der Waals surface area (Å²) < 4.78 is 34.3. The molecule has 0 bridgehead atoms. The Morgan fingerprint density at radius 3 is 2.45 bits per heavy atom. The smallest absolute Gasteiger partial charge is 0.343 e. The topological polar surface area (TPSA) is 114 Å². The lowest BCUT2D eigenvalue weighted by Crippen LogP contribution is -2.21.